The molecule has 0 saturated carbocycles. The molecule has 0 radical (unpaired) electrons. The number of ether oxygens (including phenoxy) is 2. The van der Waals surface area contributed by atoms with Crippen molar-refractivity contribution in [3.05, 3.63) is 115 Å². The van der Waals surface area contributed by atoms with E-state index in [0.717, 1.165) is 5.56 Å². The van der Waals surface area contributed by atoms with E-state index in [-0.39, 0.29) is 24.5 Å². The van der Waals surface area contributed by atoms with Crippen LogP contribution >= 0.6 is 39.1 Å². The maximum Gasteiger partial charge on any atom is 0.260 e. The van der Waals surface area contributed by atoms with Crippen molar-refractivity contribution in [1.29, 1.82) is 0 Å². The molecule has 0 fully saturated rings. The molecule has 1 aromatic heterocycles. The molecule has 41 heavy (non-hydrogen) atoms. The van der Waals surface area contributed by atoms with E-state index in [9.17, 15) is 9.59 Å². The first-order chi connectivity index (χ1) is 19.9. The Hall–Kier alpha value is -3.85. The largest absolute Gasteiger partial charge is 0.490 e. The van der Waals surface area contributed by atoms with E-state index in [0.29, 0.717) is 60.0 Å². The molecule has 0 aliphatic heterocycles. The molecule has 5 aromatic rings. The number of hydrazone groups is 1. The Morgan fingerprint density at radius 1 is 0.976 bits per heavy atom. The first-order valence-corrected chi connectivity index (χ1v) is 14.3. The van der Waals surface area contributed by atoms with Gasteiger partial charge in [0.2, 0.25) is 0 Å². The number of carbonyl (C=O) groups excluding carboxylic acids is 1. The molecular weight excluding hydrogens is 629 g/mol. The summed E-state index contributed by atoms with van der Waals surface area (Å²) < 4.78 is 14.3. The minimum atomic E-state index is -0.343. The normalized spacial score (nSPS) is 11.3. The van der Waals surface area contributed by atoms with Gasteiger partial charge in [-0.3, -0.25) is 9.59 Å². The minimum absolute atomic E-state index is 0.0213. The molecule has 10 heteroatoms. The molecule has 0 atom stereocenters. The van der Waals surface area contributed by atoms with Gasteiger partial charge in [-0.15, -0.1) is 0 Å². The maximum atomic E-state index is 12.9. The van der Waals surface area contributed by atoms with Crippen molar-refractivity contribution in [2.75, 3.05) is 6.61 Å². The third-order valence-corrected chi connectivity index (χ3v) is 7.48. The van der Waals surface area contributed by atoms with Gasteiger partial charge in [-0.25, -0.2) is 5.43 Å². The van der Waals surface area contributed by atoms with Crippen LogP contribution in [-0.2, 0) is 17.9 Å². The standard InChI is InChI=1S/C31H24BrCl2N3O4/c1-2-40-28-14-19(13-24(32)31(28)41-18-20-11-12-21(33)15-25(20)34)16-35-36-29(38)17-37-26-9-5-3-7-22(26)30(39)23-8-4-6-10-27(23)37/h3-16H,2,17-18H2,1H3,(H,36,38)/b35-16-. The second-order valence-corrected chi connectivity index (χ2v) is 10.7. The lowest BCUT2D eigenvalue weighted by Crippen LogP contribution is -2.25. The minimum Gasteiger partial charge on any atom is -0.490 e. The predicted molar refractivity (Wildman–Crippen MR) is 168 cm³/mol. The lowest BCUT2D eigenvalue weighted by molar-refractivity contribution is -0.121. The summed E-state index contributed by atoms with van der Waals surface area (Å²) in [7, 11) is 0. The zero-order valence-electron chi connectivity index (χ0n) is 21.9. The summed E-state index contributed by atoms with van der Waals surface area (Å²) in [5.41, 5.74) is 5.33. The third kappa shape index (κ3) is 6.40. The van der Waals surface area contributed by atoms with Crippen molar-refractivity contribution < 1.29 is 14.3 Å². The molecule has 1 amide bonds. The maximum absolute atomic E-state index is 12.9. The lowest BCUT2D eigenvalue weighted by atomic mass is 10.1. The van der Waals surface area contributed by atoms with E-state index >= 15 is 0 Å². The number of aromatic nitrogens is 1. The number of fused-ring (bicyclic) bond motifs is 2. The molecule has 5 rings (SSSR count). The van der Waals surface area contributed by atoms with Crippen LogP contribution in [0.5, 0.6) is 11.5 Å². The summed E-state index contributed by atoms with van der Waals surface area (Å²) in [6.07, 6.45) is 1.52. The second kappa shape index (κ2) is 12.8. The van der Waals surface area contributed by atoms with Gasteiger partial charge in [-0.2, -0.15) is 5.10 Å². The highest BCUT2D eigenvalue weighted by molar-refractivity contribution is 9.10. The van der Waals surface area contributed by atoms with Crippen molar-refractivity contribution in [2.24, 2.45) is 5.10 Å². The second-order valence-electron chi connectivity index (χ2n) is 9.03. The van der Waals surface area contributed by atoms with Gasteiger partial charge in [0.15, 0.2) is 16.9 Å². The summed E-state index contributed by atoms with van der Waals surface area (Å²) in [5, 5.41) is 6.31. The molecule has 4 aromatic carbocycles. The molecular formula is C31H24BrCl2N3O4. The summed E-state index contributed by atoms with van der Waals surface area (Å²) in [4.78, 5) is 25.9. The fourth-order valence-electron chi connectivity index (χ4n) is 4.46. The van der Waals surface area contributed by atoms with Gasteiger partial charge < -0.3 is 14.0 Å². The molecule has 0 aliphatic carbocycles. The van der Waals surface area contributed by atoms with Crippen molar-refractivity contribution >= 4 is 73.1 Å². The molecule has 208 valence electrons. The number of benzene rings is 4. The highest BCUT2D eigenvalue weighted by Gasteiger charge is 2.15. The number of carbonyl (C=O) groups is 1. The Bertz CT molecular complexity index is 1800. The number of nitrogens with zero attached hydrogens (tertiary/aromatic N) is 2. The fourth-order valence-corrected chi connectivity index (χ4v) is 5.50. The number of amides is 1. The van der Waals surface area contributed by atoms with Crippen molar-refractivity contribution in [3.8, 4) is 11.5 Å². The van der Waals surface area contributed by atoms with Crippen LogP contribution in [0.3, 0.4) is 0 Å². The number of halogens is 3. The monoisotopic (exact) mass is 651 g/mol. The number of nitrogens with one attached hydrogen (secondary N) is 1. The van der Waals surface area contributed by atoms with Crippen LogP contribution in [0.4, 0.5) is 0 Å². The number of rotatable bonds is 9. The summed E-state index contributed by atoms with van der Waals surface area (Å²) in [6.45, 7) is 2.49. The lowest BCUT2D eigenvalue weighted by Gasteiger charge is -2.15. The van der Waals surface area contributed by atoms with Gasteiger partial charge in [0.1, 0.15) is 13.2 Å². The van der Waals surface area contributed by atoms with Gasteiger partial charge in [0, 0.05) is 26.4 Å². The van der Waals surface area contributed by atoms with E-state index in [2.05, 4.69) is 26.5 Å². The molecule has 0 saturated heterocycles. The topological polar surface area (TPSA) is 81.9 Å². The number of para-hydroxylation sites is 2. The molecule has 1 N–H and O–H groups in total. The van der Waals surface area contributed by atoms with Gasteiger partial charge >= 0.3 is 0 Å². The molecule has 0 bridgehead atoms. The average molecular weight is 653 g/mol. The zero-order valence-corrected chi connectivity index (χ0v) is 25.0. The summed E-state index contributed by atoms with van der Waals surface area (Å²) in [5.74, 6) is 0.672. The quantitative estimate of drug-likeness (QED) is 0.103. The van der Waals surface area contributed by atoms with Crippen molar-refractivity contribution in [3.63, 3.8) is 0 Å². The van der Waals surface area contributed by atoms with Crippen LogP contribution in [0.25, 0.3) is 21.8 Å². The predicted octanol–water partition coefficient (Wildman–Crippen LogP) is 7.35. The first-order valence-electron chi connectivity index (χ1n) is 12.7. The highest BCUT2D eigenvalue weighted by atomic mass is 79.9. The van der Waals surface area contributed by atoms with E-state index in [1.165, 1.54) is 6.21 Å². The smallest absolute Gasteiger partial charge is 0.260 e. The molecule has 1 heterocycles. The SMILES string of the molecule is CCOc1cc(/C=N\NC(=O)Cn2c3ccccc3c(=O)c3ccccc32)cc(Br)c1OCc1ccc(Cl)cc1Cl. The summed E-state index contributed by atoms with van der Waals surface area (Å²) in [6, 6.07) is 23.3. The van der Waals surface area contributed by atoms with Gasteiger partial charge in [0.05, 0.1) is 28.3 Å². The molecule has 0 aliphatic rings. The number of hydrogen-bond acceptors (Lipinski definition) is 5. The zero-order chi connectivity index (χ0) is 28.9. The van der Waals surface area contributed by atoms with Crippen LogP contribution in [0, 0.1) is 0 Å². The van der Waals surface area contributed by atoms with E-state index < -0.39 is 0 Å². The van der Waals surface area contributed by atoms with Crippen LogP contribution in [-0.4, -0.2) is 23.3 Å². The van der Waals surface area contributed by atoms with Crippen molar-refractivity contribution in [1.82, 2.24) is 9.99 Å². The van der Waals surface area contributed by atoms with Gasteiger partial charge in [-0.05, 0) is 76.9 Å². The number of hydrogen-bond donors (Lipinski definition) is 1. The molecule has 0 unspecified atom stereocenters. The van der Waals surface area contributed by atoms with Crippen LogP contribution in [0.1, 0.15) is 18.1 Å². The Labute approximate surface area is 254 Å². The Morgan fingerprint density at radius 2 is 1.66 bits per heavy atom. The molecule has 0 spiro atoms. The van der Waals surface area contributed by atoms with Crippen molar-refractivity contribution in [2.45, 2.75) is 20.1 Å². The highest BCUT2D eigenvalue weighted by Crippen LogP contribution is 2.37. The summed E-state index contributed by atoms with van der Waals surface area (Å²) >= 11 is 15.8. The van der Waals surface area contributed by atoms with Crippen LogP contribution < -0.4 is 20.3 Å². The first kappa shape index (κ1) is 28.7. The van der Waals surface area contributed by atoms with Gasteiger partial charge in [0.25, 0.3) is 5.91 Å². The average Bonchev–Trinajstić information content (AvgIpc) is 2.96. The fraction of sp³-hybridized carbons (Fsp3) is 0.129. The molecule has 7 nitrogen and oxygen atoms in total. The van der Waals surface area contributed by atoms with E-state index in [1.807, 2.05) is 54.0 Å². The Kier molecular flexibility index (Phi) is 8.93. The van der Waals surface area contributed by atoms with E-state index in [1.54, 1.807) is 36.4 Å². The Balaban J connectivity index is 1.33. The Morgan fingerprint density at radius 3 is 2.32 bits per heavy atom. The van der Waals surface area contributed by atoms with E-state index in [4.69, 9.17) is 32.7 Å². The third-order valence-electron chi connectivity index (χ3n) is 6.30. The number of pyridine rings is 1. The van der Waals surface area contributed by atoms with Crippen LogP contribution in [0.15, 0.2) is 93.2 Å². The van der Waals surface area contributed by atoms with Crippen LogP contribution in [0.2, 0.25) is 10.0 Å². The van der Waals surface area contributed by atoms with Gasteiger partial charge in [-0.1, -0.05) is 53.5 Å².